The Kier molecular flexibility index (Phi) is 4.35. The van der Waals surface area contributed by atoms with Crippen LogP contribution in [0.15, 0.2) is 54.6 Å². The average Bonchev–Trinajstić information content (AvgIpc) is 2.55. The lowest BCUT2D eigenvalue weighted by Crippen LogP contribution is -2.53. The number of nitrogens with two attached hydrogens (primary N) is 1. The van der Waals surface area contributed by atoms with Gasteiger partial charge in [0.1, 0.15) is 6.10 Å². The molecule has 1 saturated heterocycles. The van der Waals surface area contributed by atoms with Gasteiger partial charge in [-0.1, -0.05) is 36.4 Å². The second-order valence-corrected chi connectivity index (χ2v) is 6.09. The molecule has 1 aliphatic heterocycles. The van der Waals surface area contributed by atoms with Crippen LogP contribution in [0.3, 0.4) is 0 Å². The van der Waals surface area contributed by atoms with Crippen LogP contribution in [0.5, 0.6) is 0 Å². The van der Waals surface area contributed by atoms with Gasteiger partial charge >= 0.3 is 0 Å². The van der Waals surface area contributed by atoms with Crippen molar-refractivity contribution in [1.82, 2.24) is 4.90 Å². The zero-order chi connectivity index (χ0) is 16.4. The summed E-state index contributed by atoms with van der Waals surface area (Å²) in [6.45, 7) is 4.58. The molecule has 1 aliphatic rings. The number of carbonyl (C=O) groups is 1. The molecule has 0 radical (unpaired) electrons. The number of nitrogen functional groups attached to an aromatic ring is 1. The third-order valence-electron chi connectivity index (χ3n) is 4.36. The van der Waals surface area contributed by atoms with Crippen LogP contribution in [0.2, 0.25) is 0 Å². The lowest BCUT2D eigenvalue weighted by Gasteiger charge is -2.44. The van der Waals surface area contributed by atoms with Crippen molar-refractivity contribution in [2.45, 2.75) is 32.0 Å². The van der Waals surface area contributed by atoms with Gasteiger partial charge in [0, 0.05) is 11.3 Å². The predicted molar refractivity (Wildman–Crippen MR) is 91.1 cm³/mol. The summed E-state index contributed by atoms with van der Waals surface area (Å²) in [6, 6.07) is 17.2. The highest BCUT2D eigenvalue weighted by Crippen LogP contribution is 2.32. The van der Waals surface area contributed by atoms with Gasteiger partial charge in [-0.25, -0.2) is 0 Å². The van der Waals surface area contributed by atoms with Crippen molar-refractivity contribution in [3.63, 3.8) is 0 Å². The summed E-state index contributed by atoms with van der Waals surface area (Å²) in [6.07, 6.45) is -0.114. The predicted octanol–water partition coefficient (Wildman–Crippen LogP) is 3.26. The van der Waals surface area contributed by atoms with Gasteiger partial charge in [-0.15, -0.1) is 0 Å². The molecule has 2 aromatic rings. The van der Waals surface area contributed by atoms with Gasteiger partial charge in [0.05, 0.1) is 18.7 Å². The first kappa shape index (κ1) is 15.6. The minimum Gasteiger partial charge on any atom is -0.399 e. The van der Waals surface area contributed by atoms with E-state index in [-0.39, 0.29) is 24.1 Å². The third kappa shape index (κ3) is 3.08. The number of nitrogens with zero attached hydrogens (tertiary/aromatic N) is 1. The molecule has 3 atom stereocenters. The molecule has 2 N–H and O–H groups in total. The molecule has 0 spiro atoms. The van der Waals surface area contributed by atoms with Gasteiger partial charge in [0.25, 0.3) is 5.91 Å². The number of carbonyl (C=O) groups excluding carboxylic acids is 1. The van der Waals surface area contributed by atoms with Crippen molar-refractivity contribution in [2.24, 2.45) is 0 Å². The Labute approximate surface area is 136 Å². The van der Waals surface area contributed by atoms with Crippen molar-refractivity contribution >= 4 is 11.6 Å². The minimum absolute atomic E-state index is 0.00142. The molecule has 0 unspecified atom stereocenters. The van der Waals surface area contributed by atoms with Crippen LogP contribution in [0.1, 0.15) is 35.9 Å². The summed E-state index contributed by atoms with van der Waals surface area (Å²) < 4.78 is 6.01. The Morgan fingerprint density at radius 1 is 1.13 bits per heavy atom. The number of morpholine rings is 1. The molecule has 1 fully saturated rings. The molecule has 1 heterocycles. The largest absolute Gasteiger partial charge is 0.399 e. The molecule has 1 amide bonds. The first-order valence-corrected chi connectivity index (χ1v) is 7.92. The van der Waals surface area contributed by atoms with Gasteiger partial charge < -0.3 is 15.4 Å². The van der Waals surface area contributed by atoms with Crippen molar-refractivity contribution < 1.29 is 9.53 Å². The molecule has 3 rings (SSSR count). The fourth-order valence-electron chi connectivity index (χ4n) is 3.23. The minimum atomic E-state index is -0.114. The van der Waals surface area contributed by atoms with E-state index in [1.165, 1.54) is 0 Å². The number of anilines is 1. The molecule has 0 saturated carbocycles. The van der Waals surface area contributed by atoms with Gasteiger partial charge in [-0.3, -0.25) is 4.79 Å². The second kappa shape index (κ2) is 6.42. The number of hydrogen-bond acceptors (Lipinski definition) is 3. The van der Waals surface area contributed by atoms with E-state index in [0.717, 1.165) is 5.56 Å². The fraction of sp³-hybridized carbons (Fsp3) is 0.316. The Bertz CT molecular complexity index is 687. The summed E-state index contributed by atoms with van der Waals surface area (Å²) in [5.41, 5.74) is 8.14. The summed E-state index contributed by atoms with van der Waals surface area (Å²) in [5.74, 6) is 0.00142. The van der Waals surface area contributed by atoms with Gasteiger partial charge in [0.15, 0.2) is 0 Å². The van der Waals surface area contributed by atoms with E-state index in [4.69, 9.17) is 10.5 Å². The Hall–Kier alpha value is -2.33. The first-order chi connectivity index (χ1) is 11.1. The summed E-state index contributed by atoms with van der Waals surface area (Å²) in [4.78, 5) is 14.9. The van der Waals surface area contributed by atoms with E-state index in [1.54, 1.807) is 12.1 Å². The van der Waals surface area contributed by atoms with Gasteiger partial charge in [-0.05, 0) is 37.6 Å². The summed E-state index contributed by atoms with van der Waals surface area (Å²) in [7, 11) is 0. The van der Waals surface area contributed by atoms with E-state index in [0.29, 0.717) is 17.9 Å². The van der Waals surface area contributed by atoms with Crippen LogP contribution in [-0.2, 0) is 4.74 Å². The van der Waals surface area contributed by atoms with Crippen LogP contribution in [0, 0.1) is 0 Å². The maximum absolute atomic E-state index is 13.0. The van der Waals surface area contributed by atoms with Crippen molar-refractivity contribution in [2.75, 3.05) is 12.3 Å². The molecule has 0 aromatic heterocycles. The number of hydrogen-bond donors (Lipinski definition) is 1. The van der Waals surface area contributed by atoms with Crippen molar-refractivity contribution in [3.05, 3.63) is 65.7 Å². The van der Waals surface area contributed by atoms with Crippen molar-refractivity contribution in [3.8, 4) is 0 Å². The van der Waals surface area contributed by atoms with Crippen molar-refractivity contribution in [1.29, 1.82) is 0 Å². The van der Waals surface area contributed by atoms with Gasteiger partial charge in [0.2, 0.25) is 0 Å². The zero-order valence-corrected chi connectivity index (χ0v) is 13.5. The van der Waals surface area contributed by atoms with Crippen LogP contribution in [0.25, 0.3) is 0 Å². The standard InChI is InChI=1S/C19H22N2O2/c1-13-12-23-18(15-7-4-3-5-8-15)14(2)21(13)19(22)16-9-6-10-17(20)11-16/h3-11,13-14,18H,12,20H2,1-2H3/t13-,14+,18+/m1/s1. The van der Waals surface area contributed by atoms with E-state index < -0.39 is 0 Å². The smallest absolute Gasteiger partial charge is 0.254 e. The SMILES string of the molecule is C[C@@H]1CO[C@H](c2ccccc2)[C@H](C)N1C(=O)c1cccc(N)c1. The fourth-order valence-corrected chi connectivity index (χ4v) is 3.23. The van der Waals surface area contributed by atoms with Crippen LogP contribution < -0.4 is 5.73 Å². The maximum atomic E-state index is 13.0. The highest BCUT2D eigenvalue weighted by Gasteiger charge is 2.37. The molecule has 0 bridgehead atoms. The van der Waals surface area contributed by atoms with Gasteiger partial charge in [-0.2, -0.15) is 0 Å². The zero-order valence-electron chi connectivity index (χ0n) is 13.5. The lowest BCUT2D eigenvalue weighted by molar-refractivity contribution is -0.0806. The lowest BCUT2D eigenvalue weighted by atomic mass is 9.97. The van der Waals surface area contributed by atoms with Crippen LogP contribution >= 0.6 is 0 Å². The molecule has 4 nitrogen and oxygen atoms in total. The number of rotatable bonds is 2. The molecule has 120 valence electrons. The maximum Gasteiger partial charge on any atom is 0.254 e. The Balaban J connectivity index is 1.89. The van der Waals surface area contributed by atoms with E-state index in [1.807, 2.05) is 61.2 Å². The average molecular weight is 310 g/mol. The van der Waals surface area contributed by atoms with E-state index >= 15 is 0 Å². The number of benzene rings is 2. The second-order valence-electron chi connectivity index (χ2n) is 6.09. The number of ether oxygens (including phenoxy) is 1. The highest BCUT2D eigenvalue weighted by molar-refractivity contribution is 5.95. The molecule has 23 heavy (non-hydrogen) atoms. The third-order valence-corrected chi connectivity index (χ3v) is 4.36. The van der Waals surface area contributed by atoms with Crippen LogP contribution in [-0.4, -0.2) is 29.5 Å². The van der Waals surface area contributed by atoms with E-state index in [2.05, 4.69) is 0 Å². The molecular weight excluding hydrogens is 288 g/mol. The molecule has 4 heteroatoms. The Morgan fingerprint density at radius 3 is 2.57 bits per heavy atom. The summed E-state index contributed by atoms with van der Waals surface area (Å²) in [5, 5.41) is 0. The quantitative estimate of drug-likeness (QED) is 0.866. The van der Waals surface area contributed by atoms with E-state index in [9.17, 15) is 4.79 Å². The summed E-state index contributed by atoms with van der Waals surface area (Å²) >= 11 is 0. The first-order valence-electron chi connectivity index (χ1n) is 7.92. The molecular formula is C19H22N2O2. The monoisotopic (exact) mass is 310 g/mol. The molecule has 0 aliphatic carbocycles. The molecule has 2 aromatic carbocycles. The van der Waals surface area contributed by atoms with Crippen LogP contribution in [0.4, 0.5) is 5.69 Å². The Morgan fingerprint density at radius 2 is 1.87 bits per heavy atom. The normalized spacial score (nSPS) is 24.4. The highest BCUT2D eigenvalue weighted by atomic mass is 16.5. The number of amides is 1. The topological polar surface area (TPSA) is 55.6 Å².